The lowest BCUT2D eigenvalue weighted by molar-refractivity contribution is 0.00192. The fraction of sp³-hybridized carbons (Fsp3) is 0.550. The summed E-state index contributed by atoms with van der Waals surface area (Å²) in [5.74, 6) is 0.143. The van der Waals surface area contributed by atoms with Gasteiger partial charge in [0.25, 0.3) is 5.91 Å². The normalized spacial score (nSPS) is 16.9. The highest BCUT2D eigenvalue weighted by atomic mass is 32.1. The Bertz CT molecular complexity index is 738. The Balaban J connectivity index is 1.70. The van der Waals surface area contributed by atoms with Crippen molar-refractivity contribution in [2.75, 3.05) is 32.8 Å². The zero-order valence-corrected chi connectivity index (χ0v) is 16.3. The predicted molar refractivity (Wildman–Crippen MR) is 104 cm³/mol. The Hall–Kier alpha value is -1.50. The summed E-state index contributed by atoms with van der Waals surface area (Å²) in [6, 6.07) is 6.92. The Morgan fingerprint density at radius 1 is 1.31 bits per heavy atom. The third kappa shape index (κ3) is 4.24. The van der Waals surface area contributed by atoms with Crippen LogP contribution in [0.15, 0.2) is 24.3 Å². The minimum Gasteiger partial charge on any atom is -0.379 e. The van der Waals surface area contributed by atoms with Gasteiger partial charge in [0.2, 0.25) is 0 Å². The van der Waals surface area contributed by atoms with Gasteiger partial charge < -0.3 is 10.1 Å². The number of benzene rings is 1. The van der Waals surface area contributed by atoms with Gasteiger partial charge in [-0.05, 0) is 24.1 Å². The summed E-state index contributed by atoms with van der Waals surface area (Å²) in [4.78, 5) is 15.6. The molecule has 1 aliphatic heterocycles. The number of fused-ring (bicyclic) bond motifs is 1. The zero-order chi connectivity index (χ0) is 18.5. The predicted octanol–water partition coefficient (Wildman–Crippen LogP) is 3.91. The van der Waals surface area contributed by atoms with E-state index in [-0.39, 0.29) is 11.7 Å². The van der Waals surface area contributed by atoms with Gasteiger partial charge in [0.15, 0.2) is 0 Å². The van der Waals surface area contributed by atoms with E-state index >= 15 is 0 Å². The third-order valence-corrected chi connectivity index (χ3v) is 6.41. The summed E-state index contributed by atoms with van der Waals surface area (Å²) in [7, 11) is 0. The smallest absolute Gasteiger partial charge is 0.261 e. The molecule has 1 aliphatic rings. The maximum atomic E-state index is 13.9. The fourth-order valence-corrected chi connectivity index (χ4v) is 4.75. The second kappa shape index (κ2) is 8.93. The van der Waals surface area contributed by atoms with Crippen LogP contribution in [0, 0.1) is 11.7 Å². The van der Waals surface area contributed by atoms with Gasteiger partial charge in [-0.15, -0.1) is 11.3 Å². The number of carbonyl (C=O) groups excluding carboxylic acids is 1. The first-order valence-electron chi connectivity index (χ1n) is 9.42. The lowest BCUT2D eigenvalue weighted by Gasteiger charge is -2.38. The third-order valence-electron chi connectivity index (χ3n) is 5.31. The molecule has 1 aromatic heterocycles. The molecule has 1 amide bonds. The highest BCUT2D eigenvalue weighted by molar-refractivity contribution is 7.20. The molecule has 1 fully saturated rings. The number of nitrogens with zero attached hydrogens (tertiary/aromatic N) is 1. The molecule has 142 valence electrons. The number of carbonyl (C=O) groups is 1. The molecule has 0 spiro atoms. The van der Waals surface area contributed by atoms with Crippen molar-refractivity contribution in [2.24, 2.45) is 5.92 Å². The number of morpholine rings is 1. The number of hydrogen-bond donors (Lipinski definition) is 1. The minimum atomic E-state index is -0.277. The topological polar surface area (TPSA) is 41.6 Å². The molecule has 2 aromatic rings. The number of hydrogen-bond acceptors (Lipinski definition) is 4. The second-order valence-corrected chi connectivity index (χ2v) is 7.85. The number of amides is 1. The average Bonchev–Trinajstić information content (AvgIpc) is 3.11. The van der Waals surface area contributed by atoms with Crippen LogP contribution >= 0.6 is 11.3 Å². The summed E-state index contributed by atoms with van der Waals surface area (Å²) < 4.78 is 20.2. The van der Waals surface area contributed by atoms with Gasteiger partial charge in [0.1, 0.15) is 5.82 Å². The molecule has 0 bridgehead atoms. The second-order valence-electron chi connectivity index (χ2n) is 6.76. The van der Waals surface area contributed by atoms with E-state index in [4.69, 9.17) is 4.74 Å². The first kappa shape index (κ1) is 19.3. The lowest BCUT2D eigenvalue weighted by Crippen LogP contribution is -2.52. The van der Waals surface area contributed by atoms with Crippen molar-refractivity contribution in [1.29, 1.82) is 0 Å². The van der Waals surface area contributed by atoms with E-state index in [9.17, 15) is 9.18 Å². The van der Waals surface area contributed by atoms with Gasteiger partial charge in [0.05, 0.1) is 18.1 Å². The van der Waals surface area contributed by atoms with E-state index in [2.05, 4.69) is 24.1 Å². The van der Waals surface area contributed by atoms with E-state index in [1.165, 1.54) is 17.4 Å². The standard InChI is InChI=1S/C20H27FN2O2S/c1-3-14(4-2)17(23-8-10-25-11-9-23)13-22-20(24)19-12-15-16(21)6-5-7-18(15)26-19/h5-7,12,14,17H,3-4,8-11,13H2,1-2H3,(H,22,24). The van der Waals surface area contributed by atoms with Crippen LogP contribution in [0.1, 0.15) is 36.4 Å². The van der Waals surface area contributed by atoms with Crippen molar-refractivity contribution < 1.29 is 13.9 Å². The molecule has 2 heterocycles. The summed E-state index contributed by atoms with van der Waals surface area (Å²) in [6.45, 7) is 8.34. The Morgan fingerprint density at radius 2 is 2.04 bits per heavy atom. The largest absolute Gasteiger partial charge is 0.379 e. The van der Waals surface area contributed by atoms with Crippen LogP contribution in [-0.4, -0.2) is 49.7 Å². The van der Waals surface area contributed by atoms with E-state index in [0.717, 1.165) is 43.8 Å². The van der Waals surface area contributed by atoms with Crippen LogP contribution in [0.2, 0.25) is 0 Å². The lowest BCUT2D eigenvalue weighted by atomic mass is 9.92. The van der Waals surface area contributed by atoms with Gasteiger partial charge in [-0.2, -0.15) is 0 Å². The maximum absolute atomic E-state index is 13.9. The molecule has 0 aliphatic carbocycles. The van der Waals surface area contributed by atoms with Crippen molar-refractivity contribution in [3.8, 4) is 0 Å². The molecule has 0 radical (unpaired) electrons. The van der Waals surface area contributed by atoms with Gasteiger partial charge in [-0.1, -0.05) is 32.8 Å². The van der Waals surface area contributed by atoms with Crippen LogP contribution < -0.4 is 5.32 Å². The van der Waals surface area contributed by atoms with E-state index < -0.39 is 0 Å². The zero-order valence-electron chi connectivity index (χ0n) is 15.5. The Kier molecular flexibility index (Phi) is 6.62. The first-order valence-corrected chi connectivity index (χ1v) is 10.2. The molecule has 26 heavy (non-hydrogen) atoms. The number of thiophene rings is 1. The van der Waals surface area contributed by atoms with Crippen LogP contribution in [0.3, 0.4) is 0 Å². The molecule has 1 unspecified atom stereocenters. The Morgan fingerprint density at radius 3 is 2.69 bits per heavy atom. The molecule has 1 atom stereocenters. The first-order chi connectivity index (χ1) is 12.6. The number of halogens is 1. The van der Waals surface area contributed by atoms with Crippen LogP contribution in [0.4, 0.5) is 4.39 Å². The van der Waals surface area contributed by atoms with E-state index in [0.29, 0.717) is 28.8 Å². The maximum Gasteiger partial charge on any atom is 0.261 e. The van der Waals surface area contributed by atoms with Crippen molar-refractivity contribution in [2.45, 2.75) is 32.7 Å². The fourth-order valence-electron chi connectivity index (χ4n) is 3.76. The molecule has 1 saturated heterocycles. The minimum absolute atomic E-state index is 0.116. The van der Waals surface area contributed by atoms with Crippen LogP contribution in [-0.2, 0) is 4.74 Å². The molecule has 1 N–H and O–H groups in total. The number of nitrogens with one attached hydrogen (secondary N) is 1. The van der Waals surface area contributed by atoms with Crippen molar-refractivity contribution in [1.82, 2.24) is 10.2 Å². The quantitative estimate of drug-likeness (QED) is 0.794. The van der Waals surface area contributed by atoms with Crippen LogP contribution in [0.25, 0.3) is 10.1 Å². The summed E-state index contributed by atoms with van der Waals surface area (Å²) in [5.41, 5.74) is 0. The SMILES string of the molecule is CCC(CC)C(CNC(=O)c1cc2c(F)cccc2s1)N1CCOCC1. The van der Waals surface area contributed by atoms with Crippen molar-refractivity contribution in [3.05, 3.63) is 35.0 Å². The molecule has 4 nitrogen and oxygen atoms in total. The summed E-state index contributed by atoms with van der Waals surface area (Å²) in [5, 5.41) is 3.61. The molecule has 0 saturated carbocycles. The summed E-state index contributed by atoms with van der Waals surface area (Å²) >= 11 is 1.34. The van der Waals surface area contributed by atoms with Crippen molar-refractivity contribution >= 4 is 27.3 Å². The summed E-state index contributed by atoms with van der Waals surface area (Å²) in [6.07, 6.45) is 2.17. The highest BCUT2D eigenvalue weighted by Crippen LogP contribution is 2.27. The molecule has 6 heteroatoms. The molecule has 1 aromatic carbocycles. The Labute approximate surface area is 158 Å². The monoisotopic (exact) mass is 378 g/mol. The number of rotatable bonds is 7. The van der Waals surface area contributed by atoms with E-state index in [1.54, 1.807) is 12.1 Å². The molecular formula is C20H27FN2O2S. The van der Waals surface area contributed by atoms with Gasteiger partial charge in [-0.3, -0.25) is 9.69 Å². The molecule has 3 rings (SSSR count). The van der Waals surface area contributed by atoms with Crippen molar-refractivity contribution in [3.63, 3.8) is 0 Å². The molecular weight excluding hydrogens is 351 g/mol. The number of ether oxygens (including phenoxy) is 1. The van der Waals surface area contributed by atoms with E-state index in [1.807, 2.05) is 6.07 Å². The highest BCUT2D eigenvalue weighted by Gasteiger charge is 2.27. The van der Waals surface area contributed by atoms with Gasteiger partial charge in [0, 0.05) is 35.8 Å². The van der Waals surface area contributed by atoms with Gasteiger partial charge >= 0.3 is 0 Å². The average molecular weight is 379 g/mol. The van der Waals surface area contributed by atoms with Gasteiger partial charge in [-0.25, -0.2) is 4.39 Å². The van der Waals surface area contributed by atoms with Crippen LogP contribution in [0.5, 0.6) is 0 Å².